The second-order valence-electron chi connectivity index (χ2n) is 30.2. The number of aliphatic hydroxyl groups excluding tert-OH is 24. The van der Waals surface area contributed by atoms with Crippen LogP contribution in [0.2, 0.25) is 0 Å². The van der Waals surface area contributed by atoms with Gasteiger partial charge in [-0.25, -0.2) is 4.79 Å². The summed E-state index contributed by atoms with van der Waals surface area (Å²) in [5.74, 6) is -9.37. The number of carboxylic acids is 1. The summed E-state index contributed by atoms with van der Waals surface area (Å²) in [6.45, 7) is -5.56. The van der Waals surface area contributed by atoms with E-state index in [4.69, 9.17) is 80.5 Å². The van der Waals surface area contributed by atoms with Crippen LogP contribution in [0.1, 0.15) is 41.0 Å². The molecule has 30 N–H and O–H groups in total. The molecule has 692 valence electrons. The molecule has 5 amide bonds. The van der Waals surface area contributed by atoms with Gasteiger partial charge in [0.1, 0.15) is 207 Å². The number of aliphatic carboxylic acids is 1. The van der Waals surface area contributed by atoms with E-state index in [1.54, 1.807) is 0 Å². The predicted octanol–water partition coefficient (Wildman–Crippen LogP) is -20.0. The van der Waals surface area contributed by atoms with Gasteiger partial charge in [-0.15, -0.1) is 0 Å². The van der Waals surface area contributed by atoms with Crippen molar-refractivity contribution in [3.63, 3.8) is 0 Å². The van der Waals surface area contributed by atoms with Gasteiger partial charge in [0, 0.05) is 41.0 Å². The van der Waals surface area contributed by atoms with E-state index < -0.39 is 377 Å². The van der Waals surface area contributed by atoms with Crippen molar-refractivity contribution < 1.29 is 237 Å². The van der Waals surface area contributed by atoms with Gasteiger partial charge in [-0.1, -0.05) is 0 Å². The first-order valence-electron chi connectivity index (χ1n) is 38.1. The summed E-state index contributed by atoms with van der Waals surface area (Å²) in [5.41, 5.74) is 0. The topological polar surface area (TPSA) is 825 Å². The van der Waals surface area contributed by atoms with Crippen LogP contribution in [0.4, 0.5) is 0 Å². The van der Waals surface area contributed by atoms with Crippen LogP contribution in [0.15, 0.2) is 0 Å². The van der Waals surface area contributed by atoms with Gasteiger partial charge in [-0.3, -0.25) is 24.0 Å². The Hall–Kier alpha value is -4.82. The Morgan fingerprint density at radius 1 is 0.358 bits per heavy atom. The zero-order valence-electron chi connectivity index (χ0n) is 64.8. The lowest BCUT2D eigenvalue weighted by Gasteiger charge is -2.51. The molecule has 9 rings (SSSR count). The summed E-state index contributed by atoms with van der Waals surface area (Å²) in [6.07, 6.45) is -83.8. The molecule has 0 unspecified atom stereocenters. The summed E-state index contributed by atoms with van der Waals surface area (Å²) in [7, 11) is 0. The average Bonchev–Trinajstić information content (AvgIpc) is 0.768. The van der Waals surface area contributed by atoms with Crippen molar-refractivity contribution in [3.05, 3.63) is 0 Å². The van der Waals surface area contributed by atoms with Crippen molar-refractivity contribution in [3.8, 4) is 0 Å². The summed E-state index contributed by atoms with van der Waals surface area (Å²) in [5, 5.41) is 291. The maximum atomic E-state index is 13.1. The third-order valence-electron chi connectivity index (χ3n) is 21.7. The van der Waals surface area contributed by atoms with Gasteiger partial charge in [0.15, 0.2) is 44.0 Å². The second-order valence-corrected chi connectivity index (χ2v) is 30.2. The maximum Gasteiger partial charge on any atom is 0.364 e. The fourth-order valence-corrected chi connectivity index (χ4v) is 15.4. The lowest BCUT2D eigenvalue weighted by Crippen LogP contribution is -2.70. The molecule has 0 radical (unpaired) electrons. The molecule has 9 aliphatic heterocycles. The molecule has 120 heavy (non-hydrogen) atoms. The molecule has 0 saturated carbocycles. The van der Waals surface area contributed by atoms with Crippen molar-refractivity contribution in [1.29, 1.82) is 0 Å². The molecular weight excluding hydrogens is 1640 g/mol. The van der Waals surface area contributed by atoms with Crippen LogP contribution in [0, 0.1) is 0 Å². The Morgan fingerprint density at radius 3 is 1.18 bits per heavy atom. The molecule has 0 bridgehead atoms. The van der Waals surface area contributed by atoms with Gasteiger partial charge in [0.2, 0.25) is 29.5 Å². The second kappa shape index (κ2) is 43.1. The molecule has 9 fully saturated rings. The third-order valence-corrected chi connectivity index (χ3v) is 21.7. The van der Waals surface area contributed by atoms with Gasteiger partial charge >= 0.3 is 5.97 Å². The van der Waals surface area contributed by atoms with Gasteiger partial charge in [0.05, 0.1) is 84.3 Å². The molecule has 9 saturated heterocycles. The highest BCUT2D eigenvalue weighted by molar-refractivity contribution is 5.77. The first kappa shape index (κ1) is 99.0. The Kier molecular flexibility index (Phi) is 35.6. The van der Waals surface area contributed by atoms with E-state index in [9.17, 15) is 156 Å². The monoisotopic (exact) mass is 1750 g/mol. The summed E-state index contributed by atoms with van der Waals surface area (Å²) < 4.78 is 101. The Bertz CT molecular complexity index is 3300. The predicted molar refractivity (Wildman–Crippen MR) is 371 cm³/mol. The van der Waals surface area contributed by atoms with Gasteiger partial charge in [-0.2, -0.15) is 0 Å². The van der Waals surface area contributed by atoms with E-state index in [0.29, 0.717) is 0 Å². The van der Waals surface area contributed by atoms with Crippen molar-refractivity contribution in [2.75, 3.05) is 66.1 Å². The molecule has 0 aromatic heterocycles. The number of amides is 5. The van der Waals surface area contributed by atoms with Crippen molar-refractivity contribution >= 4 is 35.5 Å². The number of hydrogen-bond acceptors (Lipinski definition) is 47. The fourth-order valence-electron chi connectivity index (χ4n) is 15.4. The van der Waals surface area contributed by atoms with Gasteiger partial charge < -0.3 is 235 Å². The molecule has 0 aromatic carbocycles. The quantitative estimate of drug-likeness (QED) is 0.0290. The number of carbonyl (C=O) groups excluding carboxylic acids is 5. The van der Waals surface area contributed by atoms with E-state index in [-0.39, 0.29) is 6.61 Å². The van der Waals surface area contributed by atoms with E-state index >= 15 is 0 Å². The number of ether oxygens (including phenoxy) is 17. The first-order valence-corrected chi connectivity index (χ1v) is 38.1. The average molecular weight is 1750 g/mol. The Balaban J connectivity index is 1.01. The first-order chi connectivity index (χ1) is 56.6. The molecular formula is C67H111N5O48. The normalized spacial score (nSPS) is 46.3. The zero-order chi connectivity index (χ0) is 88.7. The summed E-state index contributed by atoms with van der Waals surface area (Å²) in [6, 6.07) is -8.54. The van der Waals surface area contributed by atoms with Crippen LogP contribution in [-0.4, -0.2) is 505 Å². The highest BCUT2D eigenvalue weighted by atomic mass is 16.8. The number of rotatable bonds is 33. The molecule has 0 spiro atoms. The Morgan fingerprint density at radius 2 is 0.725 bits per heavy atom. The molecule has 0 aromatic rings. The van der Waals surface area contributed by atoms with E-state index in [1.165, 1.54) is 0 Å². The minimum atomic E-state index is -3.08. The summed E-state index contributed by atoms with van der Waals surface area (Å²) >= 11 is 0. The SMILES string of the molecule is CC(=O)N[C@H]1[C@H](O[C@H]2[C@H](O)[C@@H](NC(C)=O)CO[C@@H]2CO)O[C@H](CO)[C@@H](O[C@@H]2O[C@H](CO[C@H]3O[C@H](CO)[C@@H](O)[C@H](O)[C@@H]3O[C@@H]3O[C@H](CO)[C@@H](O[C@@H]4O[C@H](CO[C@]5(C(=O)O)C[C@H](O)[C@@H](NC(C)=O)[C@H]([C@H](O)[C@H](O)CO)O5)[C@H](O)[C@H](O)[C@H]4O)[C@H](O)[C@H]3NC(C)=O)[C@@H](O)[C@H](O[C@H]3O[C@H](CO)[C@@H](O)[C@H](O)[C@@H]3O[C@@H]3O[C@H](CO)[C@@H](O)[C@H](O)[C@H]3NC(C)=O)[C@@H]2O)[C@@H]1O. The van der Waals surface area contributed by atoms with Crippen molar-refractivity contribution in [2.45, 2.75) is 316 Å². The van der Waals surface area contributed by atoms with Crippen LogP contribution in [0.3, 0.4) is 0 Å². The van der Waals surface area contributed by atoms with Crippen molar-refractivity contribution in [1.82, 2.24) is 26.6 Å². The minimum Gasteiger partial charge on any atom is -0.477 e. The van der Waals surface area contributed by atoms with Gasteiger partial charge in [-0.05, 0) is 0 Å². The summed E-state index contributed by atoms with van der Waals surface area (Å²) in [4.78, 5) is 75.8. The van der Waals surface area contributed by atoms with Crippen LogP contribution in [-0.2, 0) is 109 Å². The number of carboxylic acid groups (broad SMARTS) is 1. The molecule has 53 nitrogen and oxygen atoms in total. The van der Waals surface area contributed by atoms with Crippen molar-refractivity contribution in [2.24, 2.45) is 0 Å². The minimum absolute atomic E-state index is 0.350. The molecule has 53 heteroatoms. The van der Waals surface area contributed by atoms with Crippen LogP contribution < -0.4 is 26.6 Å². The van der Waals surface area contributed by atoms with E-state index in [1.807, 2.05) is 0 Å². The highest BCUT2D eigenvalue weighted by Gasteiger charge is 2.62. The van der Waals surface area contributed by atoms with Crippen LogP contribution in [0.5, 0.6) is 0 Å². The number of aliphatic hydroxyl groups is 24. The molecule has 45 atom stereocenters. The van der Waals surface area contributed by atoms with E-state index in [2.05, 4.69) is 26.6 Å². The van der Waals surface area contributed by atoms with Crippen LogP contribution in [0.25, 0.3) is 0 Å². The van der Waals surface area contributed by atoms with Crippen LogP contribution >= 0.6 is 0 Å². The number of hydrogen-bond donors (Lipinski definition) is 30. The standard InChI is InChI=1S/C67H111N5O48/c1-17(80)68-22-14-104-28(11-77)52(37(22)87)114-60-35(71-20(4)83)45(95)54(30(13-79)110-60)116-63-51(101)56(117-65-58(49(99)41(91)27(10-76)109-65)119-59-34(70-19(3)82)44(94)39(89)25(8-74)107-59)43(93)31(112-63)15-105-64-57(48(98)40(90)26(9-75)108-64)118-61-36(72-21(5)84)46(96)53(29(12-78)111-61)115-62-50(100)47(97)42(92)32(113-62)16-106-67(66(102)103)6-23(85)33(69-18(2)81)55(120-67)38(88)24(86)7-73/h22-65,73-79,85-101H,6-16H2,1-5H3,(H,68,80)(H,69,81)(H,70,82)(H,71,83)(H,72,84)(H,102,103)/t22-,23-,24+,25+,26+,27+,28+,29+,30+,31+,32+,33+,34+,35+,36+,37+,38+,39+,40+,41+,42-,43+,44+,45+,46+,47-,48-,49-,50+,51-,52+,53+,54+,55+,56-,57-,58-,59-,60-,61-,62-,63-,64-,65+,67+/m0/s1. The lowest BCUT2D eigenvalue weighted by molar-refractivity contribution is -0.396. The Labute approximate surface area is 679 Å². The molecule has 0 aliphatic carbocycles. The highest BCUT2D eigenvalue weighted by Crippen LogP contribution is 2.41. The van der Waals surface area contributed by atoms with Gasteiger partial charge in [0.25, 0.3) is 5.79 Å². The smallest absolute Gasteiger partial charge is 0.364 e. The third kappa shape index (κ3) is 22.2. The van der Waals surface area contributed by atoms with E-state index in [0.717, 1.165) is 34.6 Å². The number of carbonyl (C=O) groups is 6. The fraction of sp³-hybridized carbons (Fsp3) is 0.910. The lowest BCUT2D eigenvalue weighted by atomic mass is 9.88. The maximum absolute atomic E-state index is 13.1. The number of nitrogens with one attached hydrogen (secondary N) is 5. The molecule has 9 heterocycles. The largest absolute Gasteiger partial charge is 0.477 e. The molecule has 9 aliphatic rings. The zero-order valence-corrected chi connectivity index (χ0v) is 64.8.